The molecule has 1 saturated heterocycles. The lowest BCUT2D eigenvalue weighted by molar-refractivity contribution is -0.142. The second kappa shape index (κ2) is 3.79. The number of nitrogens with zero attached hydrogens (tertiary/aromatic N) is 1. The van der Waals surface area contributed by atoms with Gasteiger partial charge >= 0.3 is 5.97 Å². The Bertz CT molecular complexity index is 302. The van der Waals surface area contributed by atoms with E-state index in [9.17, 15) is 4.79 Å². The highest BCUT2D eigenvalue weighted by Gasteiger charge is 2.26. The average molecular weight is 195 g/mol. The van der Waals surface area contributed by atoms with E-state index in [0.717, 1.165) is 18.4 Å². The Labute approximate surface area is 81.5 Å². The van der Waals surface area contributed by atoms with Crippen LogP contribution >= 0.6 is 0 Å². The molecule has 1 aromatic rings. The Kier molecular flexibility index (Phi) is 2.49. The van der Waals surface area contributed by atoms with E-state index in [4.69, 9.17) is 5.11 Å². The summed E-state index contributed by atoms with van der Waals surface area (Å²) < 4.78 is 0. The van der Waals surface area contributed by atoms with E-state index in [2.05, 4.69) is 15.5 Å². The number of nitrogens with one attached hydrogen (secondary N) is 2. The van der Waals surface area contributed by atoms with Crippen LogP contribution in [-0.4, -0.2) is 27.8 Å². The summed E-state index contributed by atoms with van der Waals surface area (Å²) in [5.41, 5.74) is 1.11. The minimum absolute atomic E-state index is 0.238. The highest BCUT2D eigenvalue weighted by molar-refractivity contribution is 5.70. The summed E-state index contributed by atoms with van der Waals surface area (Å²) in [5.74, 6) is -0.943. The number of hydrogen-bond acceptors (Lipinski definition) is 3. The number of aliphatic carboxylic acids is 1. The van der Waals surface area contributed by atoms with E-state index in [1.165, 1.54) is 0 Å². The van der Waals surface area contributed by atoms with Gasteiger partial charge in [-0.25, -0.2) is 0 Å². The molecule has 2 heterocycles. The van der Waals surface area contributed by atoms with Gasteiger partial charge in [0.15, 0.2) is 0 Å². The van der Waals surface area contributed by atoms with Gasteiger partial charge in [0.05, 0.1) is 12.1 Å². The largest absolute Gasteiger partial charge is 0.481 e. The SMILES string of the molecule is O=C(O)C1CCC(c2cn[nH]c2)NC1. The maximum Gasteiger partial charge on any atom is 0.307 e. The van der Waals surface area contributed by atoms with E-state index in [-0.39, 0.29) is 12.0 Å². The number of carboxylic acids is 1. The van der Waals surface area contributed by atoms with Gasteiger partial charge in [-0.2, -0.15) is 5.10 Å². The molecule has 0 saturated carbocycles. The molecule has 1 aliphatic rings. The van der Waals surface area contributed by atoms with Crippen molar-refractivity contribution in [3.8, 4) is 0 Å². The molecule has 1 fully saturated rings. The third kappa shape index (κ3) is 1.77. The van der Waals surface area contributed by atoms with Crippen molar-refractivity contribution in [1.82, 2.24) is 15.5 Å². The molecule has 2 rings (SSSR count). The van der Waals surface area contributed by atoms with Crippen LogP contribution in [-0.2, 0) is 4.79 Å². The van der Waals surface area contributed by atoms with Gasteiger partial charge in [0.2, 0.25) is 0 Å². The van der Waals surface area contributed by atoms with Crippen LogP contribution in [0.3, 0.4) is 0 Å². The predicted molar refractivity (Wildman–Crippen MR) is 49.7 cm³/mol. The van der Waals surface area contributed by atoms with E-state index in [0.29, 0.717) is 6.54 Å². The fourth-order valence-electron chi connectivity index (χ4n) is 1.80. The van der Waals surface area contributed by atoms with Crippen LogP contribution in [0.4, 0.5) is 0 Å². The maximum absolute atomic E-state index is 10.7. The van der Waals surface area contributed by atoms with Crippen molar-refractivity contribution in [3.63, 3.8) is 0 Å². The van der Waals surface area contributed by atoms with E-state index >= 15 is 0 Å². The van der Waals surface area contributed by atoms with Gasteiger partial charge in [0, 0.05) is 24.3 Å². The number of carboxylic acid groups (broad SMARTS) is 1. The van der Waals surface area contributed by atoms with Crippen LogP contribution in [0.2, 0.25) is 0 Å². The molecule has 0 bridgehead atoms. The lowest BCUT2D eigenvalue weighted by Crippen LogP contribution is -2.36. The number of hydrogen-bond donors (Lipinski definition) is 3. The molecule has 0 radical (unpaired) electrons. The highest BCUT2D eigenvalue weighted by Crippen LogP contribution is 2.24. The summed E-state index contributed by atoms with van der Waals surface area (Å²) in [6.45, 7) is 0.547. The zero-order valence-corrected chi connectivity index (χ0v) is 7.73. The quantitative estimate of drug-likeness (QED) is 0.643. The average Bonchev–Trinajstić information content (AvgIpc) is 2.71. The van der Waals surface area contributed by atoms with Crippen molar-refractivity contribution in [3.05, 3.63) is 18.0 Å². The highest BCUT2D eigenvalue weighted by atomic mass is 16.4. The van der Waals surface area contributed by atoms with Crippen molar-refractivity contribution in [2.24, 2.45) is 5.92 Å². The standard InChI is InChI=1S/C9H13N3O2/c13-9(14)6-1-2-8(10-3-6)7-4-11-12-5-7/h4-6,8,10H,1-3H2,(H,11,12)(H,13,14). The van der Waals surface area contributed by atoms with Crippen LogP contribution in [0.25, 0.3) is 0 Å². The fourth-order valence-corrected chi connectivity index (χ4v) is 1.80. The number of aromatic amines is 1. The molecule has 2 atom stereocenters. The first-order valence-corrected chi connectivity index (χ1v) is 4.72. The Morgan fingerprint density at radius 1 is 1.57 bits per heavy atom. The van der Waals surface area contributed by atoms with Gasteiger partial charge in [-0.3, -0.25) is 9.89 Å². The fraction of sp³-hybridized carbons (Fsp3) is 0.556. The number of rotatable bonds is 2. The Hall–Kier alpha value is -1.36. The summed E-state index contributed by atoms with van der Waals surface area (Å²) in [5, 5.41) is 18.6. The second-order valence-corrected chi connectivity index (χ2v) is 3.60. The van der Waals surface area contributed by atoms with Gasteiger partial charge in [-0.05, 0) is 12.8 Å². The smallest absolute Gasteiger partial charge is 0.307 e. The lowest BCUT2D eigenvalue weighted by atomic mass is 9.92. The molecule has 1 aromatic heterocycles. The minimum atomic E-state index is -0.705. The molecule has 3 N–H and O–H groups in total. The molecule has 0 aliphatic carbocycles. The van der Waals surface area contributed by atoms with Crippen LogP contribution in [0.1, 0.15) is 24.4 Å². The first-order chi connectivity index (χ1) is 6.77. The van der Waals surface area contributed by atoms with Crippen molar-refractivity contribution in [2.45, 2.75) is 18.9 Å². The van der Waals surface area contributed by atoms with E-state index in [1.807, 2.05) is 6.20 Å². The van der Waals surface area contributed by atoms with Gasteiger partial charge in [-0.15, -0.1) is 0 Å². The molecular weight excluding hydrogens is 182 g/mol. The minimum Gasteiger partial charge on any atom is -0.481 e. The number of H-pyrrole nitrogens is 1. The van der Waals surface area contributed by atoms with Crippen molar-refractivity contribution in [1.29, 1.82) is 0 Å². The summed E-state index contributed by atoms with van der Waals surface area (Å²) >= 11 is 0. The monoisotopic (exact) mass is 195 g/mol. The molecule has 0 spiro atoms. The first-order valence-electron chi connectivity index (χ1n) is 4.72. The maximum atomic E-state index is 10.7. The van der Waals surface area contributed by atoms with Crippen molar-refractivity contribution >= 4 is 5.97 Å². The summed E-state index contributed by atoms with van der Waals surface area (Å²) in [7, 11) is 0. The van der Waals surface area contributed by atoms with E-state index in [1.54, 1.807) is 6.20 Å². The lowest BCUT2D eigenvalue weighted by Gasteiger charge is -2.26. The third-order valence-corrected chi connectivity index (χ3v) is 2.69. The number of aromatic nitrogens is 2. The molecule has 5 heteroatoms. The predicted octanol–water partition coefficient (Wildman–Crippen LogP) is 0.535. The molecule has 76 valence electrons. The topological polar surface area (TPSA) is 78.0 Å². The molecule has 5 nitrogen and oxygen atoms in total. The Morgan fingerprint density at radius 2 is 2.43 bits per heavy atom. The van der Waals surface area contributed by atoms with Gasteiger partial charge < -0.3 is 10.4 Å². The zero-order valence-electron chi connectivity index (χ0n) is 7.73. The summed E-state index contributed by atoms with van der Waals surface area (Å²) in [4.78, 5) is 10.7. The molecule has 14 heavy (non-hydrogen) atoms. The second-order valence-electron chi connectivity index (χ2n) is 3.60. The van der Waals surface area contributed by atoms with Crippen LogP contribution in [0, 0.1) is 5.92 Å². The van der Waals surface area contributed by atoms with Gasteiger partial charge in [0.1, 0.15) is 0 Å². The Morgan fingerprint density at radius 3 is 2.93 bits per heavy atom. The normalized spacial score (nSPS) is 27.4. The van der Waals surface area contributed by atoms with E-state index < -0.39 is 5.97 Å². The van der Waals surface area contributed by atoms with Gasteiger partial charge in [-0.1, -0.05) is 0 Å². The molecular formula is C9H13N3O2. The zero-order chi connectivity index (χ0) is 9.97. The van der Waals surface area contributed by atoms with Crippen LogP contribution in [0.15, 0.2) is 12.4 Å². The Balaban J connectivity index is 1.93. The molecule has 0 amide bonds. The molecule has 0 aromatic carbocycles. The molecule has 1 aliphatic heterocycles. The number of piperidine rings is 1. The van der Waals surface area contributed by atoms with Crippen LogP contribution < -0.4 is 5.32 Å². The van der Waals surface area contributed by atoms with Crippen LogP contribution in [0.5, 0.6) is 0 Å². The number of carbonyl (C=O) groups is 1. The molecule has 2 unspecified atom stereocenters. The summed E-state index contributed by atoms with van der Waals surface area (Å²) in [6.07, 6.45) is 5.21. The summed E-state index contributed by atoms with van der Waals surface area (Å²) in [6, 6.07) is 0.254. The van der Waals surface area contributed by atoms with Crippen molar-refractivity contribution < 1.29 is 9.90 Å². The van der Waals surface area contributed by atoms with Gasteiger partial charge in [0.25, 0.3) is 0 Å². The third-order valence-electron chi connectivity index (χ3n) is 2.69. The first kappa shape index (κ1) is 9.21. The van der Waals surface area contributed by atoms with Crippen molar-refractivity contribution in [2.75, 3.05) is 6.54 Å².